The smallest absolute Gasteiger partial charge is 0.230 e. The topological polar surface area (TPSA) is 45.2 Å². The molecular weight excluding hydrogens is 226 g/mol. The summed E-state index contributed by atoms with van der Waals surface area (Å²) in [7, 11) is 3.67. The van der Waals surface area contributed by atoms with Crippen molar-refractivity contribution in [2.24, 2.45) is 5.41 Å². The Balaban J connectivity index is 1.86. The number of amides is 1. The number of aryl methyl sites for hydroxylation is 1. The zero-order valence-electron chi connectivity index (χ0n) is 11.1. The lowest BCUT2D eigenvalue weighted by Gasteiger charge is -2.42. The van der Waals surface area contributed by atoms with Crippen LogP contribution in [0.4, 0.5) is 0 Å². The van der Waals surface area contributed by atoms with Gasteiger partial charge < -0.3 is 10.2 Å². The molecule has 4 nitrogen and oxygen atoms in total. The molecule has 2 heterocycles. The molecule has 1 aromatic rings. The second-order valence-corrected chi connectivity index (χ2v) is 5.26. The zero-order valence-corrected chi connectivity index (χ0v) is 11.1. The summed E-state index contributed by atoms with van der Waals surface area (Å²) in [4.78, 5) is 18.2. The summed E-state index contributed by atoms with van der Waals surface area (Å²) >= 11 is 0. The molecule has 2 rings (SSSR count). The average Bonchev–Trinajstić information content (AvgIpc) is 2.33. The molecule has 1 amide bonds. The SMILES string of the molecule is CN(C)C(=O)C1(CCCc2ccccn2)CNC1. The Morgan fingerprint density at radius 2 is 2.22 bits per heavy atom. The van der Waals surface area contributed by atoms with E-state index in [-0.39, 0.29) is 11.3 Å². The first kappa shape index (κ1) is 13.0. The van der Waals surface area contributed by atoms with Crippen molar-refractivity contribution in [3.8, 4) is 0 Å². The van der Waals surface area contributed by atoms with Crippen LogP contribution in [0.2, 0.25) is 0 Å². The highest BCUT2D eigenvalue weighted by Crippen LogP contribution is 2.31. The maximum absolute atomic E-state index is 12.2. The summed E-state index contributed by atoms with van der Waals surface area (Å²) in [5.74, 6) is 0.252. The molecule has 0 radical (unpaired) electrons. The fourth-order valence-electron chi connectivity index (χ4n) is 2.49. The lowest BCUT2D eigenvalue weighted by molar-refractivity contribution is -0.143. The zero-order chi connectivity index (χ0) is 13.0. The van der Waals surface area contributed by atoms with Crippen LogP contribution in [0.15, 0.2) is 24.4 Å². The number of hydrogen-bond donors (Lipinski definition) is 1. The molecular formula is C14H21N3O. The lowest BCUT2D eigenvalue weighted by atomic mass is 9.76. The van der Waals surface area contributed by atoms with Crippen LogP contribution in [-0.4, -0.2) is 43.0 Å². The van der Waals surface area contributed by atoms with Crippen LogP contribution in [0.5, 0.6) is 0 Å². The van der Waals surface area contributed by atoms with Gasteiger partial charge in [0.05, 0.1) is 5.41 Å². The number of rotatable bonds is 5. The molecule has 1 N–H and O–H groups in total. The van der Waals surface area contributed by atoms with Crippen molar-refractivity contribution in [1.29, 1.82) is 0 Å². The Morgan fingerprint density at radius 1 is 1.44 bits per heavy atom. The van der Waals surface area contributed by atoms with Crippen molar-refractivity contribution in [2.45, 2.75) is 19.3 Å². The van der Waals surface area contributed by atoms with E-state index >= 15 is 0 Å². The normalized spacial score (nSPS) is 17.0. The van der Waals surface area contributed by atoms with E-state index in [1.165, 1.54) is 0 Å². The fraction of sp³-hybridized carbons (Fsp3) is 0.571. The van der Waals surface area contributed by atoms with E-state index in [0.717, 1.165) is 38.0 Å². The molecule has 1 aromatic heterocycles. The van der Waals surface area contributed by atoms with E-state index < -0.39 is 0 Å². The minimum atomic E-state index is -0.168. The van der Waals surface area contributed by atoms with Gasteiger partial charge in [-0.25, -0.2) is 0 Å². The lowest BCUT2D eigenvalue weighted by Crippen LogP contribution is -2.61. The van der Waals surface area contributed by atoms with E-state index in [4.69, 9.17) is 0 Å². The van der Waals surface area contributed by atoms with Gasteiger partial charge >= 0.3 is 0 Å². The molecule has 18 heavy (non-hydrogen) atoms. The Morgan fingerprint density at radius 3 is 2.72 bits per heavy atom. The van der Waals surface area contributed by atoms with Gasteiger partial charge in [-0.15, -0.1) is 0 Å². The summed E-state index contributed by atoms with van der Waals surface area (Å²) in [5.41, 5.74) is 0.940. The second kappa shape index (κ2) is 5.48. The van der Waals surface area contributed by atoms with Gasteiger partial charge in [-0.3, -0.25) is 9.78 Å². The number of carbonyl (C=O) groups is 1. The van der Waals surface area contributed by atoms with Gasteiger partial charge in [-0.1, -0.05) is 6.07 Å². The molecule has 1 aliphatic rings. The van der Waals surface area contributed by atoms with Crippen molar-refractivity contribution in [2.75, 3.05) is 27.2 Å². The van der Waals surface area contributed by atoms with Crippen LogP contribution in [-0.2, 0) is 11.2 Å². The monoisotopic (exact) mass is 247 g/mol. The molecule has 0 atom stereocenters. The predicted molar refractivity (Wildman–Crippen MR) is 71.2 cm³/mol. The Labute approximate surface area is 108 Å². The van der Waals surface area contributed by atoms with Gasteiger partial charge in [-0.05, 0) is 31.4 Å². The van der Waals surface area contributed by atoms with Crippen LogP contribution in [0.3, 0.4) is 0 Å². The van der Waals surface area contributed by atoms with Crippen LogP contribution >= 0.6 is 0 Å². The quantitative estimate of drug-likeness (QED) is 0.847. The first-order valence-electron chi connectivity index (χ1n) is 6.46. The number of nitrogens with one attached hydrogen (secondary N) is 1. The molecule has 1 aliphatic heterocycles. The highest BCUT2D eigenvalue weighted by atomic mass is 16.2. The third kappa shape index (κ3) is 2.70. The third-order valence-electron chi connectivity index (χ3n) is 3.60. The van der Waals surface area contributed by atoms with E-state index in [2.05, 4.69) is 10.3 Å². The first-order valence-corrected chi connectivity index (χ1v) is 6.46. The summed E-state index contributed by atoms with van der Waals surface area (Å²) in [5, 5.41) is 3.22. The number of pyridine rings is 1. The van der Waals surface area contributed by atoms with Gasteiger partial charge in [0.25, 0.3) is 0 Å². The summed E-state index contributed by atoms with van der Waals surface area (Å²) in [6, 6.07) is 5.98. The number of carbonyl (C=O) groups excluding carboxylic acids is 1. The van der Waals surface area contributed by atoms with Gasteiger partial charge in [0, 0.05) is 39.1 Å². The Hall–Kier alpha value is -1.42. The molecule has 0 saturated carbocycles. The van der Waals surface area contributed by atoms with Gasteiger partial charge in [0.15, 0.2) is 0 Å². The average molecular weight is 247 g/mol. The maximum atomic E-state index is 12.2. The van der Waals surface area contributed by atoms with Crippen LogP contribution in [0.25, 0.3) is 0 Å². The molecule has 1 fully saturated rings. The van der Waals surface area contributed by atoms with Gasteiger partial charge in [0.2, 0.25) is 5.91 Å². The predicted octanol–water partition coefficient (Wildman–Crippen LogP) is 1.08. The number of aromatic nitrogens is 1. The van der Waals surface area contributed by atoms with Gasteiger partial charge in [-0.2, -0.15) is 0 Å². The summed E-state index contributed by atoms with van der Waals surface area (Å²) in [6.07, 6.45) is 4.72. The molecule has 0 bridgehead atoms. The fourth-order valence-corrected chi connectivity index (χ4v) is 2.49. The summed E-state index contributed by atoms with van der Waals surface area (Å²) < 4.78 is 0. The van der Waals surface area contributed by atoms with Crippen molar-refractivity contribution in [3.63, 3.8) is 0 Å². The van der Waals surface area contributed by atoms with Crippen molar-refractivity contribution >= 4 is 5.91 Å². The number of nitrogens with zero attached hydrogens (tertiary/aromatic N) is 2. The van der Waals surface area contributed by atoms with Crippen molar-refractivity contribution < 1.29 is 4.79 Å². The first-order chi connectivity index (χ1) is 8.64. The largest absolute Gasteiger partial charge is 0.348 e. The molecule has 0 spiro atoms. The van der Waals surface area contributed by atoms with Crippen LogP contribution in [0, 0.1) is 5.41 Å². The Kier molecular flexibility index (Phi) is 3.97. The van der Waals surface area contributed by atoms with Crippen molar-refractivity contribution in [3.05, 3.63) is 30.1 Å². The summed E-state index contributed by atoms with van der Waals surface area (Å²) in [6.45, 7) is 1.62. The third-order valence-corrected chi connectivity index (χ3v) is 3.60. The van der Waals surface area contributed by atoms with E-state index in [0.29, 0.717) is 0 Å². The minimum absolute atomic E-state index is 0.168. The molecule has 1 saturated heterocycles. The molecule has 0 aliphatic carbocycles. The molecule has 0 aromatic carbocycles. The second-order valence-electron chi connectivity index (χ2n) is 5.26. The highest BCUT2D eigenvalue weighted by Gasteiger charge is 2.44. The maximum Gasteiger partial charge on any atom is 0.230 e. The minimum Gasteiger partial charge on any atom is -0.348 e. The van der Waals surface area contributed by atoms with Crippen LogP contribution < -0.4 is 5.32 Å². The molecule has 4 heteroatoms. The molecule has 0 unspecified atom stereocenters. The van der Waals surface area contributed by atoms with E-state index in [1.807, 2.05) is 38.5 Å². The van der Waals surface area contributed by atoms with E-state index in [1.54, 1.807) is 4.90 Å². The van der Waals surface area contributed by atoms with E-state index in [9.17, 15) is 4.79 Å². The Bertz CT molecular complexity index is 399. The van der Waals surface area contributed by atoms with Crippen LogP contribution in [0.1, 0.15) is 18.5 Å². The van der Waals surface area contributed by atoms with Crippen molar-refractivity contribution in [1.82, 2.24) is 15.2 Å². The number of hydrogen-bond acceptors (Lipinski definition) is 3. The van der Waals surface area contributed by atoms with Gasteiger partial charge in [0.1, 0.15) is 0 Å². The standard InChI is InChI=1S/C14H21N3O/c1-17(2)13(18)14(10-15-11-14)8-5-7-12-6-3-4-9-16-12/h3-4,6,9,15H,5,7-8,10-11H2,1-2H3. The highest BCUT2D eigenvalue weighted by molar-refractivity contribution is 5.83. The molecule has 98 valence electrons.